The predicted molar refractivity (Wildman–Crippen MR) is 88.0 cm³/mol. The van der Waals surface area contributed by atoms with Gasteiger partial charge in [-0.3, -0.25) is 4.79 Å². The zero-order valence-corrected chi connectivity index (χ0v) is 13.2. The van der Waals surface area contributed by atoms with Crippen LogP contribution in [0.2, 0.25) is 0 Å². The van der Waals surface area contributed by atoms with Crippen molar-refractivity contribution in [3.05, 3.63) is 48.2 Å². The van der Waals surface area contributed by atoms with Gasteiger partial charge in [0.25, 0.3) is 5.91 Å². The van der Waals surface area contributed by atoms with E-state index in [1.165, 1.54) is 24.5 Å². The summed E-state index contributed by atoms with van der Waals surface area (Å²) in [6, 6.07) is 5.97. The molecule has 1 amide bonds. The van der Waals surface area contributed by atoms with Crippen LogP contribution in [0.4, 0.5) is 15.9 Å². The molecule has 0 aliphatic heterocycles. The third-order valence-electron chi connectivity index (χ3n) is 3.09. The number of halogens is 1. The fourth-order valence-corrected chi connectivity index (χ4v) is 1.90. The Kier molecular flexibility index (Phi) is 5.99. The van der Waals surface area contributed by atoms with Crippen LogP contribution in [0.5, 0.6) is 0 Å². The molecule has 6 nitrogen and oxygen atoms in total. The van der Waals surface area contributed by atoms with Crippen LogP contribution in [-0.2, 0) is 0 Å². The third-order valence-corrected chi connectivity index (χ3v) is 3.09. The maximum absolute atomic E-state index is 13.5. The van der Waals surface area contributed by atoms with Crippen molar-refractivity contribution in [2.75, 3.05) is 37.8 Å². The lowest BCUT2D eigenvalue weighted by atomic mass is 10.3. The Balaban J connectivity index is 1.89. The van der Waals surface area contributed by atoms with Crippen molar-refractivity contribution in [2.24, 2.45) is 0 Å². The minimum atomic E-state index is -0.498. The van der Waals surface area contributed by atoms with Crippen LogP contribution in [-0.4, -0.2) is 48.0 Å². The van der Waals surface area contributed by atoms with Gasteiger partial charge in [0.1, 0.15) is 17.3 Å². The quantitative estimate of drug-likeness (QED) is 0.766. The Morgan fingerprint density at radius 2 is 2.00 bits per heavy atom. The highest BCUT2D eigenvalue weighted by molar-refractivity contribution is 6.02. The minimum absolute atomic E-state index is 0.116. The summed E-state index contributed by atoms with van der Waals surface area (Å²) >= 11 is 0. The summed E-state index contributed by atoms with van der Waals surface area (Å²) in [7, 11) is 4.03. The van der Waals surface area contributed by atoms with Gasteiger partial charge in [-0.1, -0.05) is 12.1 Å². The molecule has 0 radical (unpaired) electrons. The highest BCUT2D eigenvalue weighted by atomic mass is 19.1. The molecule has 7 heteroatoms. The molecule has 0 aliphatic carbocycles. The molecule has 2 rings (SSSR count). The molecule has 0 bridgehead atoms. The van der Waals surface area contributed by atoms with Crippen molar-refractivity contribution < 1.29 is 9.18 Å². The first-order valence-corrected chi connectivity index (χ1v) is 7.33. The van der Waals surface area contributed by atoms with E-state index in [4.69, 9.17) is 0 Å². The van der Waals surface area contributed by atoms with E-state index >= 15 is 0 Å². The summed E-state index contributed by atoms with van der Waals surface area (Å²) < 4.78 is 13.5. The fraction of sp³-hybridized carbons (Fsp3) is 0.312. The minimum Gasteiger partial charge on any atom is -0.369 e. The van der Waals surface area contributed by atoms with Crippen molar-refractivity contribution >= 4 is 17.4 Å². The molecular weight excluding hydrogens is 297 g/mol. The second-order valence-corrected chi connectivity index (χ2v) is 5.30. The number of carbonyl (C=O) groups excluding carboxylic acids is 1. The van der Waals surface area contributed by atoms with Crippen LogP contribution in [0, 0.1) is 5.82 Å². The topological polar surface area (TPSA) is 70.2 Å². The number of carbonyl (C=O) groups is 1. The van der Waals surface area contributed by atoms with E-state index < -0.39 is 11.7 Å². The van der Waals surface area contributed by atoms with Crippen molar-refractivity contribution in [1.29, 1.82) is 0 Å². The molecule has 1 aromatic heterocycles. The number of hydrogen-bond acceptors (Lipinski definition) is 5. The van der Waals surface area contributed by atoms with Crippen LogP contribution < -0.4 is 10.6 Å². The fourth-order valence-electron chi connectivity index (χ4n) is 1.90. The zero-order valence-electron chi connectivity index (χ0n) is 13.2. The summed E-state index contributed by atoms with van der Waals surface area (Å²) in [4.78, 5) is 22.3. The number of para-hydroxylation sites is 1. The van der Waals surface area contributed by atoms with Crippen molar-refractivity contribution in [3.8, 4) is 0 Å². The summed E-state index contributed by atoms with van der Waals surface area (Å²) in [5.41, 5.74) is 0.247. The standard InChI is InChI=1S/C16H20FN5O/c1-22(2)9-5-8-18-15-11-19-14(10-20-15)16(23)21-13-7-4-3-6-12(13)17/h3-4,6-7,10-11H,5,8-9H2,1-2H3,(H,18,20)(H,21,23). The second-order valence-electron chi connectivity index (χ2n) is 5.30. The van der Waals surface area contributed by atoms with Gasteiger partial charge in [-0.25, -0.2) is 14.4 Å². The lowest BCUT2D eigenvalue weighted by molar-refractivity contribution is 0.102. The van der Waals surface area contributed by atoms with Crippen LogP contribution in [0.25, 0.3) is 0 Å². The molecule has 0 spiro atoms. The first-order chi connectivity index (χ1) is 11.1. The lowest BCUT2D eigenvalue weighted by Crippen LogP contribution is -2.17. The third kappa shape index (κ3) is 5.30. The highest BCUT2D eigenvalue weighted by Gasteiger charge is 2.10. The number of hydrogen-bond donors (Lipinski definition) is 2. The average molecular weight is 317 g/mol. The maximum Gasteiger partial charge on any atom is 0.275 e. The van der Waals surface area contributed by atoms with E-state index in [1.807, 2.05) is 14.1 Å². The number of anilines is 2. The first-order valence-electron chi connectivity index (χ1n) is 7.33. The lowest BCUT2D eigenvalue weighted by Gasteiger charge is -2.10. The van der Waals surface area contributed by atoms with Crippen LogP contribution in [0.15, 0.2) is 36.7 Å². The Labute approximate surface area is 134 Å². The number of rotatable bonds is 7. The largest absolute Gasteiger partial charge is 0.369 e. The summed E-state index contributed by atoms with van der Waals surface area (Å²) in [5.74, 6) is -0.388. The van der Waals surface area contributed by atoms with E-state index in [0.717, 1.165) is 19.5 Å². The number of aromatic nitrogens is 2. The summed E-state index contributed by atoms with van der Waals surface area (Å²) in [6.45, 7) is 1.75. The molecule has 23 heavy (non-hydrogen) atoms. The molecule has 1 heterocycles. The van der Waals surface area contributed by atoms with E-state index in [2.05, 4.69) is 25.5 Å². The van der Waals surface area contributed by atoms with Gasteiger partial charge in [0.2, 0.25) is 0 Å². The first kappa shape index (κ1) is 16.8. The van der Waals surface area contributed by atoms with Gasteiger partial charge in [0.15, 0.2) is 0 Å². The molecular formula is C16H20FN5O. The normalized spacial score (nSPS) is 10.6. The van der Waals surface area contributed by atoms with Gasteiger partial charge < -0.3 is 15.5 Å². The second kappa shape index (κ2) is 8.19. The molecule has 0 fully saturated rings. The van der Waals surface area contributed by atoms with E-state index in [9.17, 15) is 9.18 Å². The molecule has 1 aromatic carbocycles. The highest BCUT2D eigenvalue weighted by Crippen LogP contribution is 2.13. The molecule has 0 unspecified atom stereocenters. The smallest absolute Gasteiger partial charge is 0.275 e. The molecule has 2 aromatic rings. The van der Waals surface area contributed by atoms with Crippen LogP contribution in [0.3, 0.4) is 0 Å². The monoisotopic (exact) mass is 317 g/mol. The van der Waals surface area contributed by atoms with Crippen LogP contribution in [0.1, 0.15) is 16.9 Å². The van der Waals surface area contributed by atoms with Gasteiger partial charge in [-0.2, -0.15) is 0 Å². The maximum atomic E-state index is 13.5. The van der Waals surface area contributed by atoms with Gasteiger partial charge >= 0.3 is 0 Å². The number of amides is 1. The van der Waals surface area contributed by atoms with E-state index in [1.54, 1.807) is 12.1 Å². The number of nitrogens with zero attached hydrogens (tertiary/aromatic N) is 3. The van der Waals surface area contributed by atoms with Gasteiger partial charge in [-0.15, -0.1) is 0 Å². The molecule has 0 saturated heterocycles. The van der Waals surface area contributed by atoms with Crippen molar-refractivity contribution in [1.82, 2.24) is 14.9 Å². The summed E-state index contributed by atoms with van der Waals surface area (Å²) in [5, 5.41) is 5.60. The van der Waals surface area contributed by atoms with Gasteiger partial charge in [0, 0.05) is 6.54 Å². The molecule has 0 atom stereocenters. The van der Waals surface area contributed by atoms with E-state index in [0.29, 0.717) is 5.82 Å². The van der Waals surface area contributed by atoms with Gasteiger partial charge in [-0.05, 0) is 39.2 Å². The molecule has 2 N–H and O–H groups in total. The number of benzene rings is 1. The van der Waals surface area contributed by atoms with E-state index in [-0.39, 0.29) is 11.4 Å². The summed E-state index contributed by atoms with van der Waals surface area (Å²) in [6.07, 6.45) is 3.83. The average Bonchev–Trinajstić information content (AvgIpc) is 2.54. The Bertz CT molecular complexity index is 645. The van der Waals surface area contributed by atoms with Gasteiger partial charge in [0.05, 0.1) is 18.1 Å². The molecule has 0 aliphatic rings. The Morgan fingerprint density at radius 1 is 1.22 bits per heavy atom. The van der Waals surface area contributed by atoms with Crippen LogP contribution >= 0.6 is 0 Å². The Hall–Kier alpha value is -2.54. The number of nitrogens with one attached hydrogen (secondary N) is 2. The SMILES string of the molecule is CN(C)CCCNc1cnc(C(=O)Nc2ccccc2F)cn1. The molecule has 0 saturated carbocycles. The molecule has 122 valence electrons. The van der Waals surface area contributed by atoms with Crippen molar-refractivity contribution in [3.63, 3.8) is 0 Å². The van der Waals surface area contributed by atoms with Crippen molar-refractivity contribution in [2.45, 2.75) is 6.42 Å². The zero-order chi connectivity index (χ0) is 16.7. The Morgan fingerprint density at radius 3 is 2.65 bits per heavy atom. The predicted octanol–water partition coefficient (Wildman–Crippen LogP) is 2.23.